The lowest BCUT2D eigenvalue weighted by Gasteiger charge is -2.02. The molecule has 0 fully saturated rings. The highest BCUT2D eigenvalue weighted by atomic mass is 35.5. The molecule has 1 aromatic carbocycles. The van der Waals surface area contributed by atoms with Gasteiger partial charge in [0.2, 0.25) is 0 Å². The summed E-state index contributed by atoms with van der Waals surface area (Å²) < 4.78 is 10.0. The van der Waals surface area contributed by atoms with E-state index in [1.54, 1.807) is 13.0 Å². The van der Waals surface area contributed by atoms with Crippen molar-refractivity contribution in [2.75, 3.05) is 20.3 Å². The van der Waals surface area contributed by atoms with Crippen LogP contribution in [0.1, 0.15) is 26.6 Å². The Hall–Kier alpha value is -2.48. The van der Waals surface area contributed by atoms with Crippen LogP contribution in [-0.4, -0.2) is 36.3 Å². The third kappa shape index (κ3) is 4.27. The van der Waals surface area contributed by atoms with Crippen molar-refractivity contribution < 1.29 is 14.3 Å². The second-order valence-electron chi connectivity index (χ2n) is 5.68. The van der Waals surface area contributed by atoms with Gasteiger partial charge in [0.05, 0.1) is 17.0 Å². The first kappa shape index (κ1) is 19.3. The molecule has 0 aliphatic heterocycles. The van der Waals surface area contributed by atoms with E-state index in [2.05, 4.69) is 9.97 Å². The van der Waals surface area contributed by atoms with Crippen LogP contribution in [0, 0.1) is 6.92 Å². The predicted molar refractivity (Wildman–Crippen MR) is 107 cm³/mol. The summed E-state index contributed by atoms with van der Waals surface area (Å²) in [5.41, 5.74) is 1.08. The number of hydrogen-bond acceptors (Lipinski definition) is 6. The van der Waals surface area contributed by atoms with E-state index in [0.717, 1.165) is 16.9 Å². The van der Waals surface area contributed by atoms with Gasteiger partial charge in [0, 0.05) is 7.11 Å². The number of rotatable bonds is 6. The van der Waals surface area contributed by atoms with E-state index < -0.39 is 5.97 Å². The SMILES string of the molecule is COCCOC(=O)c1sc2nc(/C(Cl)=C/c3ccccc3)[nH]c(=O)c2c1C. The molecule has 2 aromatic heterocycles. The molecule has 3 rings (SSSR count). The fraction of sp³-hybridized carbons (Fsp3) is 0.211. The van der Waals surface area contributed by atoms with Crippen LogP contribution in [0.3, 0.4) is 0 Å². The van der Waals surface area contributed by atoms with E-state index >= 15 is 0 Å². The van der Waals surface area contributed by atoms with Crippen molar-refractivity contribution in [1.82, 2.24) is 9.97 Å². The molecule has 0 spiro atoms. The maximum Gasteiger partial charge on any atom is 0.348 e. The van der Waals surface area contributed by atoms with Gasteiger partial charge in [0.25, 0.3) is 5.56 Å². The van der Waals surface area contributed by atoms with Gasteiger partial charge in [-0.05, 0) is 24.1 Å². The van der Waals surface area contributed by atoms with E-state index in [9.17, 15) is 9.59 Å². The van der Waals surface area contributed by atoms with Crippen LogP contribution in [0.25, 0.3) is 21.3 Å². The molecular weight excluding hydrogens is 388 g/mol. The second-order valence-corrected chi connectivity index (χ2v) is 7.09. The first-order chi connectivity index (χ1) is 13.0. The number of ether oxygens (including phenoxy) is 2. The zero-order chi connectivity index (χ0) is 19.4. The molecule has 0 bridgehead atoms. The molecule has 0 saturated carbocycles. The summed E-state index contributed by atoms with van der Waals surface area (Å²) in [6.07, 6.45) is 1.71. The summed E-state index contributed by atoms with van der Waals surface area (Å²) in [5, 5.41) is 0.669. The lowest BCUT2D eigenvalue weighted by atomic mass is 10.2. The number of carbonyl (C=O) groups is 1. The van der Waals surface area contributed by atoms with Crippen molar-refractivity contribution in [3.63, 3.8) is 0 Å². The van der Waals surface area contributed by atoms with Crippen LogP contribution >= 0.6 is 22.9 Å². The van der Waals surface area contributed by atoms with Crippen LogP contribution < -0.4 is 5.56 Å². The quantitative estimate of drug-likeness (QED) is 0.498. The third-order valence-electron chi connectivity index (χ3n) is 3.83. The number of aromatic amines is 1. The maximum absolute atomic E-state index is 12.5. The van der Waals surface area contributed by atoms with Gasteiger partial charge in [0.1, 0.15) is 16.3 Å². The minimum Gasteiger partial charge on any atom is -0.459 e. The Kier molecular flexibility index (Phi) is 6.05. The molecule has 27 heavy (non-hydrogen) atoms. The molecule has 6 nitrogen and oxygen atoms in total. The number of halogens is 1. The number of benzene rings is 1. The normalized spacial score (nSPS) is 11.7. The Bertz CT molecular complexity index is 1060. The number of nitrogens with zero attached hydrogens (tertiary/aromatic N) is 1. The van der Waals surface area contributed by atoms with Gasteiger partial charge < -0.3 is 14.5 Å². The van der Waals surface area contributed by atoms with Gasteiger partial charge in [-0.15, -0.1) is 11.3 Å². The van der Waals surface area contributed by atoms with Gasteiger partial charge in [0.15, 0.2) is 5.82 Å². The Morgan fingerprint density at radius 2 is 2.04 bits per heavy atom. The molecule has 0 amide bonds. The molecule has 140 valence electrons. The summed E-state index contributed by atoms with van der Waals surface area (Å²) >= 11 is 7.44. The first-order valence-corrected chi connectivity index (χ1v) is 9.32. The summed E-state index contributed by atoms with van der Waals surface area (Å²) in [6.45, 7) is 2.14. The number of hydrogen-bond donors (Lipinski definition) is 1. The number of esters is 1. The molecule has 0 atom stereocenters. The summed E-state index contributed by atoms with van der Waals surface area (Å²) in [7, 11) is 1.52. The van der Waals surface area contributed by atoms with Gasteiger partial charge in [-0.2, -0.15) is 0 Å². The molecule has 1 N–H and O–H groups in total. The molecule has 8 heteroatoms. The first-order valence-electron chi connectivity index (χ1n) is 8.13. The van der Waals surface area contributed by atoms with Crippen LogP contribution in [0.5, 0.6) is 0 Å². The number of aryl methyl sites for hydroxylation is 1. The Morgan fingerprint density at radius 1 is 1.30 bits per heavy atom. The van der Waals surface area contributed by atoms with E-state index in [0.29, 0.717) is 32.3 Å². The highest BCUT2D eigenvalue weighted by Crippen LogP contribution is 2.29. The van der Waals surface area contributed by atoms with Gasteiger partial charge >= 0.3 is 5.97 Å². The zero-order valence-electron chi connectivity index (χ0n) is 14.7. The molecule has 2 heterocycles. The summed E-state index contributed by atoms with van der Waals surface area (Å²) in [4.78, 5) is 32.7. The molecular formula is C19H17ClN2O4S. The number of nitrogens with one attached hydrogen (secondary N) is 1. The summed E-state index contributed by atoms with van der Waals surface area (Å²) in [6, 6.07) is 9.46. The average molecular weight is 405 g/mol. The fourth-order valence-corrected chi connectivity index (χ4v) is 3.79. The average Bonchev–Trinajstić information content (AvgIpc) is 3.00. The number of thiophene rings is 1. The molecule has 0 aliphatic carbocycles. The largest absolute Gasteiger partial charge is 0.459 e. The fourth-order valence-electron chi connectivity index (χ4n) is 2.50. The van der Waals surface area contributed by atoms with Crippen LogP contribution in [-0.2, 0) is 9.47 Å². The van der Waals surface area contributed by atoms with Crippen molar-refractivity contribution >= 4 is 50.2 Å². The monoisotopic (exact) mass is 404 g/mol. The lowest BCUT2D eigenvalue weighted by molar-refractivity contribution is 0.0393. The Morgan fingerprint density at radius 3 is 2.74 bits per heavy atom. The van der Waals surface area contributed by atoms with Crippen LogP contribution in [0.15, 0.2) is 35.1 Å². The van der Waals surface area contributed by atoms with Crippen molar-refractivity contribution in [3.8, 4) is 0 Å². The lowest BCUT2D eigenvalue weighted by Crippen LogP contribution is -2.11. The third-order valence-corrected chi connectivity index (χ3v) is 5.28. The van der Waals surface area contributed by atoms with E-state index in [1.807, 2.05) is 30.3 Å². The Balaban J connectivity index is 1.98. The second kappa shape index (κ2) is 8.47. The number of aromatic nitrogens is 2. The minimum absolute atomic E-state index is 0.143. The van der Waals surface area contributed by atoms with E-state index in [-0.39, 0.29) is 18.0 Å². The zero-order valence-corrected chi connectivity index (χ0v) is 16.3. The summed E-state index contributed by atoms with van der Waals surface area (Å²) in [5.74, 6) is -0.252. The number of H-pyrrole nitrogens is 1. The van der Waals surface area contributed by atoms with Crippen molar-refractivity contribution in [2.24, 2.45) is 0 Å². The molecule has 0 saturated heterocycles. The minimum atomic E-state index is -0.501. The van der Waals surface area contributed by atoms with Crippen molar-refractivity contribution in [1.29, 1.82) is 0 Å². The van der Waals surface area contributed by atoms with Gasteiger partial charge in [-0.1, -0.05) is 41.9 Å². The molecule has 0 unspecified atom stereocenters. The highest BCUT2D eigenvalue weighted by Gasteiger charge is 2.20. The van der Waals surface area contributed by atoms with Crippen molar-refractivity contribution in [2.45, 2.75) is 6.92 Å². The predicted octanol–water partition coefficient (Wildman–Crippen LogP) is 3.83. The Labute approximate surface area is 164 Å². The van der Waals surface area contributed by atoms with Crippen LogP contribution in [0.2, 0.25) is 0 Å². The van der Waals surface area contributed by atoms with E-state index in [1.165, 1.54) is 7.11 Å². The number of methoxy groups -OCH3 is 1. The maximum atomic E-state index is 12.5. The van der Waals surface area contributed by atoms with E-state index in [4.69, 9.17) is 21.1 Å². The topological polar surface area (TPSA) is 81.3 Å². The molecule has 0 radical (unpaired) electrons. The smallest absolute Gasteiger partial charge is 0.348 e. The van der Waals surface area contributed by atoms with Gasteiger partial charge in [-0.3, -0.25) is 4.79 Å². The number of fused-ring (bicyclic) bond motifs is 1. The van der Waals surface area contributed by atoms with Crippen LogP contribution in [0.4, 0.5) is 0 Å². The number of carbonyl (C=O) groups excluding carboxylic acids is 1. The standard InChI is InChI=1S/C19H17ClN2O4S/c1-11-14-17(23)21-16(13(20)10-12-6-4-3-5-7-12)22-18(14)27-15(11)19(24)26-9-8-25-2/h3-7,10H,8-9H2,1-2H3,(H,21,22,23)/b13-10-. The highest BCUT2D eigenvalue weighted by molar-refractivity contribution is 7.20. The van der Waals surface area contributed by atoms with Gasteiger partial charge in [-0.25, -0.2) is 9.78 Å². The van der Waals surface area contributed by atoms with Crippen molar-refractivity contribution in [3.05, 3.63) is 62.5 Å². The molecule has 3 aromatic rings. The molecule has 0 aliphatic rings.